The molecule has 2 aromatic heterocycles. The molecule has 0 radical (unpaired) electrons. The van der Waals surface area contributed by atoms with E-state index in [0.29, 0.717) is 5.92 Å². The largest absolute Gasteiger partial charge is 0.416 e. The van der Waals surface area contributed by atoms with E-state index in [9.17, 15) is 13.2 Å². The van der Waals surface area contributed by atoms with Crippen molar-refractivity contribution < 1.29 is 13.2 Å². The average Bonchev–Trinajstić information content (AvgIpc) is 3.15. The van der Waals surface area contributed by atoms with Gasteiger partial charge in [-0.2, -0.15) is 24.5 Å². The van der Waals surface area contributed by atoms with E-state index in [2.05, 4.69) is 31.1 Å². The first-order valence-electron chi connectivity index (χ1n) is 10.7. The molecule has 0 amide bonds. The van der Waals surface area contributed by atoms with Crippen molar-refractivity contribution in [1.29, 1.82) is 0 Å². The van der Waals surface area contributed by atoms with Crippen molar-refractivity contribution in [1.82, 2.24) is 19.7 Å². The smallest absolute Gasteiger partial charge is 0.314 e. The number of benzene rings is 1. The molecule has 0 N–H and O–H groups in total. The van der Waals surface area contributed by atoms with Crippen molar-refractivity contribution >= 4 is 23.7 Å². The first kappa shape index (κ1) is 23.3. The molecule has 2 fully saturated rings. The third kappa shape index (κ3) is 4.32. The van der Waals surface area contributed by atoms with Gasteiger partial charge < -0.3 is 9.47 Å². The van der Waals surface area contributed by atoms with Crippen LogP contribution in [0, 0.1) is 5.92 Å². The van der Waals surface area contributed by atoms with E-state index in [4.69, 9.17) is 0 Å². The molecule has 1 aromatic carbocycles. The molecule has 4 nitrogen and oxygen atoms in total. The molecule has 5 rings (SSSR count). The fourth-order valence-corrected chi connectivity index (χ4v) is 5.67. The van der Waals surface area contributed by atoms with E-state index < -0.39 is 11.7 Å². The van der Waals surface area contributed by atoms with E-state index in [1.807, 2.05) is 12.4 Å². The lowest BCUT2D eigenvalue weighted by Gasteiger charge is -2.21. The first-order valence-corrected chi connectivity index (χ1v) is 11.6. The molecule has 0 bridgehead atoms. The fourth-order valence-electron chi connectivity index (χ4n) is 5.04. The van der Waals surface area contributed by atoms with E-state index >= 15 is 0 Å². The van der Waals surface area contributed by atoms with Crippen LogP contribution in [0.4, 0.5) is 13.2 Å². The highest BCUT2D eigenvalue weighted by Crippen LogP contribution is 2.59. The van der Waals surface area contributed by atoms with Gasteiger partial charge in [0, 0.05) is 42.9 Å². The number of aromatic nitrogens is 3. The maximum Gasteiger partial charge on any atom is 0.416 e. The summed E-state index contributed by atoms with van der Waals surface area (Å²) in [7, 11) is 2.02. The van der Waals surface area contributed by atoms with Gasteiger partial charge >= 0.3 is 6.18 Å². The lowest BCUT2D eigenvalue weighted by Crippen LogP contribution is -2.27. The van der Waals surface area contributed by atoms with Crippen molar-refractivity contribution in [2.24, 2.45) is 13.0 Å². The van der Waals surface area contributed by atoms with Crippen molar-refractivity contribution in [3.8, 4) is 11.4 Å². The molecular weight excluding hydrogens is 457 g/mol. The number of thiophene rings is 1. The molecule has 3 aromatic rings. The predicted octanol–water partition coefficient (Wildman–Crippen LogP) is 5.58. The van der Waals surface area contributed by atoms with Crippen molar-refractivity contribution in [2.75, 3.05) is 19.6 Å². The molecule has 1 saturated heterocycles. The number of halogens is 4. The van der Waals surface area contributed by atoms with Gasteiger partial charge in [0.2, 0.25) is 0 Å². The first-order chi connectivity index (χ1) is 14.9. The minimum absolute atomic E-state index is 0. The molecule has 1 saturated carbocycles. The van der Waals surface area contributed by atoms with E-state index in [0.717, 1.165) is 68.1 Å². The van der Waals surface area contributed by atoms with Crippen LogP contribution in [0.15, 0.2) is 41.1 Å². The second-order valence-electron chi connectivity index (χ2n) is 8.84. The van der Waals surface area contributed by atoms with Gasteiger partial charge in [0.25, 0.3) is 0 Å². The topological polar surface area (TPSA) is 34.0 Å². The minimum atomic E-state index is -4.27. The fraction of sp³-hybridized carbons (Fsp3) is 0.478. The Morgan fingerprint density at radius 3 is 2.59 bits per heavy atom. The number of hydrogen-bond donors (Lipinski definition) is 0. The SMILES string of the molecule is Cl.Cn1c(CCCCN2C[C@@H]3C[C@]3(c3ccc(C(F)(F)F)cc3)C2)nnc1-c1ccsc1. The standard InChI is InChI=1S/C23H25F3N4S.ClH/c1-29-20(27-28-21(29)16-9-11-31-14-16)4-2-3-10-30-13-19-12-22(19,15-30)17-5-7-18(8-6-17)23(24,25)26;/h5-9,11,14,19H,2-4,10,12-13,15H2,1H3;1H/t19-,22+;/m0./s1. The van der Waals surface area contributed by atoms with Gasteiger partial charge in [-0.1, -0.05) is 12.1 Å². The highest BCUT2D eigenvalue weighted by atomic mass is 35.5. The Kier molecular flexibility index (Phi) is 6.40. The summed E-state index contributed by atoms with van der Waals surface area (Å²) in [6.45, 7) is 3.02. The number of aryl methyl sites for hydroxylation is 1. The summed E-state index contributed by atoms with van der Waals surface area (Å²) in [6.07, 6.45) is -0.150. The van der Waals surface area contributed by atoms with Crippen LogP contribution in [0.3, 0.4) is 0 Å². The Labute approximate surface area is 195 Å². The molecular formula is C23H26ClF3N4S. The molecule has 2 atom stereocenters. The molecule has 1 aliphatic heterocycles. The summed E-state index contributed by atoms with van der Waals surface area (Å²) >= 11 is 1.65. The summed E-state index contributed by atoms with van der Waals surface area (Å²) in [5, 5.41) is 12.8. The van der Waals surface area contributed by atoms with Crippen LogP contribution in [0.1, 0.15) is 36.2 Å². The Hall–Kier alpha value is -1.90. The Morgan fingerprint density at radius 2 is 1.91 bits per heavy atom. The Morgan fingerprint density at radius 1 is 1.12 bits per heavy atom. The maximum absolute atomic E-state index is 12.8. The van der Waals surface area contributed by atoms with Gasteiger partial charge in [0.1, 0.15) is 5.82 Å². The molecule has 9 heteroatoms. The summed E-state index contributed by atoms with van der Waals surface area (Å²) in [5.41, 5.74) is 1.68. The monoisotopic (exact) mass is 482 g/mol. The van der Waals surface area contributed by atoms with Gasteiger partial charge in [0.15, 0.2) is 5.82 Å². The van der Waals surface area contributed by atoms with Crippen LogP contribution in [0.5, 0.6) is 0 Å². The number of hydrogen-bond acceptors (Lipinski definition) is 4. The number of unbranched alkanes of at least 4 members (excludes halogenated alkanes) is 1. The van der Waals surface area contributed by atoms with Gasteiger partial charge in [0.05, 0.1) is 5.56 Å². The number of piperidine rings is 1. The lowest BCUT2D eigenvalue weighted by atomic mass is 9.94. The van der Waals surface area contributed by atoms with E-state index in [1.165, 1.54) is 12.1 Å². The molecule has 0 unspecified atom stereocenters. The number of fused-ring (bicyclic) bond motifs is 1. The van der Waals surface area contributed by atoms with E-state index in [-0.39, 0.29) is 17.8 Å². The highest BCUT2D eigenvalue weighted by molar-refractivity contribution is 7.08. The third-order valence-electron chi connectivity index (χ3n) is 6.87. The maximum atomic E-state index is 12.8. The highest BCUT2D eigenvalue weighted by Gasteiger charge is 2.60. The van der Waals surface area contributed by atoms with Gasteiger partial charge in [-0.05, 0) is 60.9 Å². The normalized spacial score (nSPS) is 22.6. The van der Waals surface area contributed by atoms with Crippen LogP contribution in [-0.4, -0.2) is 39.3 Å². The number of rotatable bonds is 7. The van der Waals surface area contributed by atoms with Crippen molar-refractivity contribution in [3.05, 3.63) is 58.0 Å². The summed E-state index contributed by atoms with van der Waals surface area (Å²) < 4.78 is 40.6. The quantitative estimate of drug-likeness (QED) is 0.412. The molecule has 2 aliphatic rings. The van der Waals surface area contributed by atoms with Crippen molar-refractivity contribution in [2.45, 2.75) is 37.3 Å². The zero-order valence-electron chi connectivity index (χ0n) is 17.8. The van der Waals surface area contributed by atoms with Gasteiger partial charge in [-0.15, -0.1) is 22.6 Å². The number of nitrogens with zero attached hydrogens (tertiary/aromatic N) is 4. The Bertz CT molecular complexity index is 1050. The minimum Gasteiger partial charge on any atom is -0.314 e. The summed E-state index contributed by atoms with van der Waals surface area (Å²) in [4.78, 5) is 2.47. The zero-order valence-corrected chi connectivity index (χ0v) is 19.4. The van der Waals surface area contributed by atoms with Crippen LogP contribution in [-0.2, 0) is 25.1 Å². The molecule has 172 valence electrons. The second-order valence-corrected chi connectivity index (χ2v) is 9.62. The van der Waals surface area contributed by atoms with Crippen molar-refractivity contribution in [3.63, 3.8) is 0 Å². The van der Waals surface area contributed by atoms with Gasteiger partial charge in [-0.3, -0.25) is 0 Å². The van der Waals surface area contributed by atoms with Crippen LogP contribution < -0.4 is 0 Å². The average molecular weight is 483 g/mol. The third-order valence-corrected chi connectivity index (χ3v) is 7.56. The number of alkyl halides is 3. The zero-order chi connectivity index (χ0) is 21.6. The number of likely N-dealkylation sites (tertiary alicyclic amines) is 1. The summed E-state index contributed by atoms with van der Waals surface area (Å²) in [5.74, 6) is 2.50. The Balaban J connectivity index is 0.00000245. The van der Waals surface area contributed by atoms with Crippen LogP contribution in [0.25, 0.3) is 11.4 Å². The lowest BCUT2D eigenvalue weighted by molar-refractivity contribution is -0.137. The van der Waals surface area contributed by atoms with Crippen LogP contribution in [0.2, 0.25) is 0 Å². The molecule has 32 heavy (non-hydrogen) atoms. The second kappa shape index (κ2) is 8.80. The summed E-state index contributed by atoms with van der Waals surface area (Å²) in [6, 6.07) is 7.89. The predicted molar refractivity (Wildman–Crippen MR) is 122 cm³/mol. The van der Waals surface area contributed by atoms with Crippen LogP contribution >= 0.6 is 23.7 Å². The molecule has 1 aliphatic carbocycles. The molecule has 3 heterocycles. The molecule has 0 spiro atoms. The van der Waals surface area contributed by atoms with Gasteiger partial charge in [-0.25, -0.2) is 0 Å². The van der Waals surface area contributed by atoms with E-state index in [1.54, 1.807) is 23.5 Å².